The van der Waals surface area contributed by atoms with Crippen molar-refractivity contribution in [1.82, 2.24) is 4.72 Å². The number of hydrogen-bond donors (Lipinski definition) is 3. The van der Waals surface area contributed by atoms with Gasteiger partial charge in [-0.3, -0.25) is 0 Å². The highest BCUT2D eigenvalue weighted by Gasteiger charge is 2.12. The third-order valence-electron chi connectivity index (χ3n) is 2.97. The minimum atomic E-state index is -3.48. The molecule has 2 rings (SSSR count). The van der Waals surface area contributed by atoms with Crippen LogP contribution in [-0.4, -0.2) is 21.7 Å². The molecule has 0 radical (unpaired) electrons. The van der Waals surface area contributed by atoms with E-state index >= 15 is 0 Å². The van der Waals surface area contributed by atoms with E-state index in [1.54, 1.807) is 17.8 Å². The molecule has 0 saturated heterocycles. The second-order valence-electron chi connectivity index (χ2n) is 4.31. The fourth-order valence-corrected chi connectivity index (χ4v) is 2.94. The summed E-state index contributed by atoms with van der Waals surface area (Å²) in [4.78, 5) is 1.31. The largest absolute Gasteiger partial charge is 0.397 e. The van der Waals surface area contributed by atoms with Gasteiger partial charge in [-0.25, -0.2) is 13.1 Å². The van der Waals surface area contributed by atoms with Crippen molar-refractivity contribution in [3.63, 3.8) is 0 Å². The predicted molar refractivity (Wildman–Crippen MR) is 88.6 cm³/mol. The van der Waals surface area contributed by atoms with Crippen LogP contribution in [-0.2, 0) is 10.0 Å². The number of benzene rings is 2. The van der Waals surface area contributed by atoms with Crippen LogP contribution in [0.25, 0.3) is 0 Å². The van der Waals surface area contributed by atoms with Gasteiger partial charge in [0.2, 0.25) is 10.0 Å². The highest BCUT2D eigenvalue weighted by molar-refractivity contribution is 7.98. The molecule has 21 heavy (non-hydrogen) atoms. The number of sulfonamides is 1. The van der Waals surface area contributed by atoms with Gasteiger partial charge in [0.05, 0.1) is 16.3 Å². The van der Waals surface area contributed by atoms with Gasteiger partial charge in [0.1, 0.15) is 0 Å². The third kappa shape index (κ3) is 3.69. The van der Waals surface area contributed by atoms with E-state index < -0.39 is 10.0 Å². The number of nitrogen functional groups attached to an aromatic ring is 1. The summed E-state index contributed by atoms with van der Waals surface area (Å²) < 4.78 is 25.7. The lowest BCUT2D eigenvalue weighted by Crippen LogP contribution is -2.18. The van der Waals surface area contributed by atoms with Crippen LogP contribution in [0.2, 0.25) is 0 Å². The van der Waals surface area contributed by atoms with Gasteiger partial charge in [0.25, 0.3) is 0 Å². The van der Waals surface area contributed by atoms with Gasteiger partial charge in [0.15, 0.2) is 0 Å². The van der Waals surface area contributed by atoms with E-state index in [-0.39, 0.29) is 4.90 Å². The normalized spacial score (nSPS) is 11.3. The fraction of sp³-hybridized carbons (Fsp3) is 0.143. The molecular formula is C14H17N3O2S2. The average molecular weight is 323 g/mol. The number of thioether (sulfide) groups is 1. The van der Waals surface area contributed by atoms with Crippen molar-refractivity contribution < 1.29 is 8.42 Å². The van der Waals surface area contributed by atoms with E-state index in [9.17, 15) is 8.42 Å². The third-order valence-corrected chi connectivity index (χ3v) is 5.13. The first kappa shape index (κ1) is 15.7. The van der Waals surface area contributed by atoms with E-state index in [2.05, 4.69) is 10.0 Å². The highest BCUT2D eigenvalue weighted by atomic mass is 32.2. The Hall–Kier alpha value is -1.70. The summed E-state index contributed by atoms with van der Waals surface area (Å²) in [6.45, 7) is 0. The van der Waals surface area contributed by atoms with E-state index in [1.165, 1.54) is 24.1 Å². The Labute approximate surface area is 129 Å². The number of nitrogens with two attached hydrogens (primary N) is 1. The minimum Gasteiger partial charge on any atom is -0.397 e. The van der Waals surface area contributed by atoms with Crippen molar-refractivity contribution in [1.29, 1.82) is 0 Å². The highest BCUT2D eigenvalue weighted by Crippen LogP contribution is 2.27. The molecule has 0 spiro atoms. The van der Waals surface area contributed by atoms with Crippen molar-refractivity contribution in [3.05, 3.63) is 42.5 Å². The smallest absolute Gasteiger partial charge is 0.240 e. The van der Waals surface area contributed by atoms with Crippen LogP contribution in [0.5, 0.6) is 0 Å². The molecule has 0 aliphatic heterocycles. The SMILES string of the molecule is CNS(=O)(=O)c1ccc(Nc2ccc(SC)cc2)c(N)c1. The molecule has 4 N–H and O–H groups in total. The van der Waals surface area contributed by atoms with E-state index in [0.717, 1.165) is 5.69 Å². The quantitative estimate of drug-likeness (QED) is 0.582. The first-order chi connectivity index (χ1) is 9.96. The molecule has 0 saturated carbocycles. The van der Waals surface area contributed by atoms with Crippen molar-refractivity contribution in [3.8, 4) is 0 Å². The average Bonchev–Trinajstić information content (AvgIpc) is 2.50. The monoisotopic (exact) mass is 323 g/mol. The summed E-state index contributed by atoms with van der Waals surface area (Å²) in [5, 5.41) is 3.17. The maximum atomic E-state index is 11.7. The molecular weight excluding hydrogens is 306 g/mol. The zero-order chi connectivity index (χ0) is 15.5. The second kappa shape index (κ2) is 6.38. The standard InChI is InChI=1S/C14H17N3O2S2/c1-16-21(18,19)12-7-8-14(13(15)9-12)17-10-3-5-11(20-2)6-4-10/h3-9,16-17H,15H2,1-2H3. The molecule has 2 aromatic carbocycles. The maximum absolute atomic E-state index is 11.7. The first-order valence-corrected chi connectivity index (χ1v) is 8.91. The Morgan fingerprint density at radius 3 is 2.29 bits per heavy atom. The van der Waals surface area contributed by atoms with Crippen LogP contribution in [0.15, 0.2) is 52.3 Å². The van der Waals surface area contributed by atoms with Crippen LogP contribution >= 0.6 is 11.8 Å². The number of rotatable bonds is 5. The lowest BCUT2D eigenvalue weighted by atomic mass is 10.2. The van der Waals surface area contributed by atoms with Crippen molar-refractivity contribution in [2.75, 3.05) is 24.4 Å². The fourth-order valence-electron chi connectivity index (χ4n) is 1.77. The van der Waals surface area contributed by atoms with E-state index in [0.29, 0.717) is 11.4 Å². The summed E-state index contributed by atoms with van der Waals surface area (Å²) in [6.07, 6.45) is 2.02. The number of nitrogens with one attached hydrogen (secondary N) is 2. The van der Waals surface area contributed by atoms with Crippen LogP contribution < -0.4 is 15.8 Å². The summed E-state index contributed by atoms with van der Waals surface area (Å²) in [5.74, 6) is 0. The molecule has 2 aromatic rings. The Kier molecular flexibility index (Phi) is 4.76. The van der Waals surface area contributed by atoms with Gasteiger partial charge in [-0.2, -0.15) is 0 Å². The predicted octanol–water partition coefficient (Wildman–Crippen LogP) is 2.64. The van der Waals surface area contributed by atoms with Gasteiger partial charge in [-0.05, 0) is 55.8 Å². The minimum absolute atomic E-state index is 0.144. The zero-order valence-electron chi connectivity index (χ0n) is 11.8. The second-order valence-corrected chi connectivity index (χ2v) is 7.08. The maximum Gasteiger partial charge on any atom is 0.240 e. The molecule has 0 fully saturated rings. The van der Waals surface area contributed by atoms with E-state index in [4.69, 9.17) is 5.73 Å². The van der Waals surface area contributed by atoms with Gasteiger partial charge >= 0.3 is 0 Å². The van der Waals surface area contributed by atoms with Gasteiger partial charge in [-0.1, -0.05) is 0 Å². The van der Waals surface area contributed by atoms with Crippen molar-refractivity contribution in [2.45, 2.75) is 9.79 Å². The van der Waals surface area contributed by atoms with Crippen LogP contribution in [0.4, 0.5) is 17.1 Å². The topological polar surface area (TPSA) is 84.2 Å². The zero-order valence-corrected chi connectivity index (χ0v) is 13.4. The Morgan fingerprint density at radius 1 is 1.10 bits per heavy atom. The van der Waals surface area contributed by atoms with Crippen LogP contribution in [0.1, 0.15) is 0 Å². The van der Waals surface area contributed by atoms with Gasteiger partial charge < -0.3 is 11.1 Å². The van der Waals surface area contributed by atoms with E-state index in [1.807, 2.05) is 30.5 Å². The Balaban J connectivity index is 2.25. The molecule has 0 aliphatic carbocycles. The summed E-state index contributed by atoms with van der Waals surface area (Å²) >= 11 is 1.67. The summed E-state index contributed by atoms with van der Waals surface area (Å²) in [5.41, 5.74) is 7.85. The number of anilines is 3. The molecule has 0 aliphatic rings. The summed E-state index contributed by atoms with van der Waals surface area (Å²) in [7, 11) is -2.11. The van der Waals surface area contributed by atoms with Crippen molar-refractivity contribution >= 4 is 38.8 Å². The molecule has 0 atom stereocenters. The summed E-state index contributed by atoms with van der Waals surface area (Å²) in [6, 6.07) is 12.5. The molecule has 0 aromatic heterocycles. The number of hydrogen-bond acceptors (Lipinski definition) is 5. The van der Waals surface area contributed by atoms with Gasteiger partial charge in [0, 0.05) is 10.6 Å². The lowest BCUT2D eigenvalue weighted by Gasteiger charge is -2.11. The van der Waals surface area contributed by atoms with Gasteiger partial charge in [-0.15, -0.1) is 11.8 Å². The molecule has 0 amide bonds. The molecule has 5 nitrogen and oxygen atoms in total. The Bertz CT molecular complexity index is 728. The van der Waals surface area contributed by atoms with Crippen LogP contribution in [0.3, 0.4) is 0 Å². The first-order valence-electron chi connectivity index (χ1n) is 6.20. The lowest BCUT2D eigenvalue weighted by molar-refractivity contribution is 0.588. The molecule has 0 heterocycles. The van der Waals surface area contributed by atoms with Crippen LogP contribution in [0, 0.1) is 0 Å². The molecule has 0 unspecified atom stereocenters. The Morgan fingerprint density at radius 2 is 1.76 bits per heavy atom. The molecule has 0 bridgehead atoms. The molecule has 7 heteroatoms. The molecule has 112 valence electrons. The van der Waals surface area contributed by atoms with Crippen molar-refractivity contribution in [2.24, 2.45) is 0 Å².